The molecule has 0 unspecified atom stereocenters. The van der Waals surface area contributed by atoms with E-state index < -0.39 is 5.91 Å². The summed E-state index contributed by atoms with van der Waals surface area (Å²) < 4.78 is 22.1. The predicted molar refractivity (Wildman–Crippen MR) is 143 cm³/mol. The number of methoxy groups -OCH3 is 1. The molecule has 0 saturated carbocycles. The lowest BCUT2D eigenvalue weighted by Crippen LogP contribution is -2.13. The smallest absolute Gasteiger partial charge is 0.224 e. The fourth-order valence-corrected chi connectivity index (χ4v) is 5.20. The van der Waals surface area contributed by atoms with Crippen molar-refractivity contribution in [3.05, 3.63) is 76.8 Å². The van der Waals surface area contributed by atoms with Gasteiger partial charge in [-0.15, -0.1) is 11.3 Å². The van der Waals surface area contributed by atoms with Crippen LogP contribution in [0.5, 0.6) is 5.75 Å². The third-order valence-corrected chi connectivity index (χ3v) is 6.95. The molecule has 5 aromatic rings. The number of halogens is 1. The van der Waals surface area contributed by atoms with Crippen LogP contribution < -0.4 is 15.8 Å². The number of hydrogen-bond acceptors (Lipinski definition) is 7. The zero-order chi connectivity index (χ0) is 25.9. The van der Waals surface area contributed by atoms with Crippen LogP contribution in [0.25, 0.3) is 33.4 Å². The second-order valence-corrected chi connectivity index (χ2v) is 9.41. The average Bonchev–Trinajstić information content (AvgIpc) is 3.46. The Morgan fingerprint density at radius 1 is 1.14 bits per heavy atom. The van der Waals surface area contributed by atoms with Gasteiger partial charge in [0.1, 0.15) is 28.7 Å². The number of fused-ring (bicyclic) bond motifs is 1. The molecule has 0 fully saturated rings. The Kier molecular flexibility index (Phi) is 6.82. The van der Waals surface area contributed by atoms with Crippen LogP contribution >= 0.6 is 11.3 Å². The van der Waals surface area contributed by atoms with E-state index >= 15 is 0 Å². The number of benzene rings is 2. The number of amides is 1. The lowest BCUT2D eigenvalue weighted by atomic mass is 10.1. The number of rotatable bonds is 9. The summed E-state index contributed by atoms with van der Waals surface area (Å²) in [6.45, 7) is 3.00. The summed E-state index contributed by atoms with van der Waals surface area (Å²) in [6, 6.07) is 14.8. The van der Waals surface area contributed by atoms with Crippen LogP contribution in [0.1, 0.15) is 10.7 Å². The fourth-order valence-electron chi connectivity index (χ4n) is 4.39. The van der Waals surface area contributed by atoms with Gasteiger partial charge in [-0.3, -0.25) is 4.79 Å². The Morgan fingerprint density at radius 3 is 2.62 bits per heavy atom. The molecule has 5 rings (SSSR count). The van der Waals surface area contributed by atoms with Gasteiger partial charge in [-0.1, -0.05) is 30.3 Å². The molecule has 0 atom stereocenters. The van der Waals surface area contributed by atoms with Crippen molar-refractivity contribution in [2.45, 2.75) is 19.9 Å². The van der Waals surface area contributed by atoms with E-state index in [1.54, 1.807) is 13.2 Å². The second-order valence-electron chi connectivity index (χ2n) is 8.47. The number of hydrogen-bond donors (Lipinski definition) is 2. The Morgan fingerprint density at radius 2 is 1.89 bits per heavy atom. The van der Waals surface area contributed by atoms with E-state index in [4.69, 9.17) is 10.5 Å². The minimum atomic E-state index is -0.395. The number of anilines is 1. The molecule has 0 saturated heterocycles. The minimum absolute atomic E-state index is 0.141. The van der Waals surface area contributed by atoms with Crippen LogP contribution in [-0.2, 0) is 17.8 Å². The Balaban J connectivity index is 1.29. The van der Waals surface area contributed by atoms with Crippen molar-refractivity contribution in [3.63, 3.8) is 0 Å². The topological polar surface area (TPSA) is 108 Å². The average molecular weight is 517 g/mol. The molecule has 0 spiro atoms. The summed E-state index contributed by atoms with van der Waals surface area (Å²) in [5, 5.41) is 6.69. The molecule has 0 aliphatic heterocycles. The summed E-state index contributed by atoms with van der Waals surface area (Å²) in [4.78, 5) is 24.4. The fraction of sp³-hybridized carbons (Fsp3) is 0.185. The molecule has 0 aliphatic rings. The van der Waals surface area contributed by atoms with Gasteiger partial charge >= 0.3 is 0 Å². The first kappa shape index (κ1) is 24.4. The lowest BCUT2D eigenvalue weighted by molar-refractivity contribution is -0.117. The molecule has 3 aromatic heterocycles. The van der Waals surface area contributed by atoms with E-state index in [1.807, 2.05) is 53.3 Å². The largest absolute Gasteiger partial charge is 0.494 e. The van der Waals surface area contributed by atoms with Crippen molar-refractivity contribution in [3.8, 4) is 28.3 Å². The highest BCUT2D eigenvalue weighted by Gasteiger charge is 2.17. The monoisotopic (exact) mass is 516 g/mol. The highest BCUT2D eigenvalue weighted by Crippen LogP contribution is 2.34. The number of nitrogens with one attached hydrogen (secondary N) is 1. The molecular formula is C27H25FN6O2S. The second kappa shape index (κ2) is 10.4. The number of thiazole rings is 1. The molecule has 8 nitrogen and oxygen atoms in total. The first-order valence-corrected chi connectivity index (χ1v) is 12.5. The van der Waals surface area contributed by atoms with Gasteiger partial charge in [0.2, 0.25) is 5.91 Å². The van der Waals surface area contributed by atoms with Crippen LogP contribution in [0.2, 0.25) is 0 Å². The van der Waals surface area contributed by atoms with Gasteiger partial charge in [0.15, 0.2) is 0 Å². The number of primary amides is 1. The normalized spacial score (nSPS) is 11.1. The quantitative estimate of drug-likeness (QED) is 0.291. The zero-order valence-electron chi connectivity index (χ0n) is 20.4. The first-order valence-electron chi connectivity index (χ1n) is 11.7. The summed E-state index contributed by atoms with van der Waals surface area (Å²) in [5.74, 6) is 0.682. The summed E-state index contributed by atoms with van der Waals surface area (Å²) in [5.41, 5.74) is 10.1. The number of carbonyl (C=O) groups is 1. The van der Waals surface area contributed by atoms with Gasteiger partial charge in [-0.05, 0) is 19.1 Å². The maximum absolute atomic E-state index is 14.6. The van der Waals surface area contributed by atoms with Crippen molar-refractivity contribution >= 4 is 34.0 Å². The van der Waals surface area contributed by atoms with Crippen LogP contribution in [0, 0.1) is 12.7 Å². The number of nitrogens with two attached hydrogens (primary N) is 1. The Hall–Kier alpha value is -4.31. The summed E-state index contributed by atoms with van der Waals surface area (Å²) >= 11 is 1.42. The van der Waals surface area contributed by atoms with Crippen molar-refractivity contribution in [1.82, 2.24) is 19.5 Å². The zero-order valence-corrected chi connectivity index (χ0v) is 21.2. The number of carbonyl (C=O) groups excluding carboxylic acids is 1. The van der Waals surface area contributed by atoms with Crippen LogP contribution in [0.15, 0.2) is 60.2 Å². The molecule has 188 valence electrons. The van der Waals surface area contributed by atoms with Gasteiger partial charge in [-0.25, -0.2) is 19.3 Å². The van der Waals surface area contributed by atoms with Crippen LogP contribution in [0.4, 0.5) is 10.2 Å². The van der Waals surface area contributed by atoms with Crippen molar-refractivity contribution in [1.29, 1.82) is 0 Å². The van der Waals surface area contributed by atoms with Crippen molar-refractivity contribution in [2.75, 3.05) is 19.0 Å². The summed E-state index contributed by atoms with van der Waals surface area (Å²) in [7, 11) is 1.60. The molecule has 0 bridgehead atoms. The molecule has 1 amide bonds. The number of ether oxygens (including phenoxy) is 1. The maximum atomic E-state index is 14.6. The first-order chi connectivity index (χ1) is 17.9. The van der Waals surface area contributed by atoms with E-state index in [1.165, 1.54) is 23.7 Å². The predicted octanol–water partition coefficient (Wildman–Crippen LogP) is 4.82. The molecule has 0 radical (unpaired) electrons. The van der Waals surface area contributed by atoms with E-state index in [0.717, 1.165) is 33.6 Å². The molecule has 10 heteroatoms. The van der Waals surface area contributed by atoms with Crippen molar-refractivity contribution in [2.24, 2.45) is 5.73 Å². The number of aromatic nitrogens is 4. The highest BCUT2D eigenvalue weighted by molar-refractivity contribution is 7.10. The molecule has 37 heavy (non-hydrogen) atoms. The summed E-state index contributed by atoms with van der Waals surface area (Å²) in [6.07, 6.45) is 1.66. The van der Waals surface area contributed by atoms with E-state index in [-0.39, 0.29) is 12.2 Å². The highest BCUT2D eigenvalue weighted by atomic mass is 32.1. The third kappa shape index (κ3) is 5.01. The SMILES string of the molecule is COc1c(C)n(CCNc2cc(-c3ccc(-c4csc(CC(N)=O)n4)cc3)ncn2)c2c(F)cccc12. The van der Waals surface area contributed by atoms with Gasteiger partial charge in [-0.2, -0.15) is 0 Å². The third-order valence-electron chi connectivity index (χ3n) is 6.10. The molecule has 2 aromatic carbocycles. The maximum Gasteiger partial charge on any atom is 0.224 e. The standard InChI is InChI=1S/C27H25FN6O2S/c1-16-27(36-2)19-4-3-5-20(28)26(19)34(16)11-10-30-24-12-21(31-15-32-24)17-6-8-18(9-7-17)22-14-37-25(33-22)13-23(29)35/h3-9,12,14-15H,10-11,13H2,1-2H3,(H2,29,35)(H,30,31,32). The van der Waals surface area contributed by atoms with Gasteiger partial charge in [0.25, 0.3) is 0 Å². The molecule has 0 aliphatic carbocycles. The van der Waals surface area contributed by atoms with E-state index in [9.17, 15) is 9.18 Å². The Bertz CT molecular complexity index is 1580. The van der Waals surface area contributed by atoms with Gasteiger partial charge in [0.05, 0.1) is 36.1 Å². The molecule has 3 N–H and O–H groups in total. The number of para-hydroxylation sites is 1. The molecular weight excluding hydrogens is 491 g/mol. The Labute approximate surface area is 217 Å². The lowest BCUT2D eigenvalue weighted by Gasteiger charge is -2.11. The van der Waals surface area contributed by atoms with Gasteiger partial charge in [0, 0.05) is 41.0 Å². The van der Waals surface area contributed by atoms with E-state index in [2.05, 4.69) is 20.3 Å². The van der Waals surface area contributed by atoms with Crippen LogP contribution in [0.3, 0.4) is 0 Å². The number of nitrogens with zero attached hydrogens (tertiary/aromatic N) is 4. The van der Waals surface area contributed by atoms with E-state index in [0.29, 0.717) is 35.2 Å². The van der Waals surface area contributed by atoms with Gasteiger partial charge < -0.3 is 20.4 Å². The molecule has 3 heterocycles. The minimum Gasteiger partial charge on any atom is -0.494 e. The van der Waals surface area contributed by atoms with Crippen molar-refractivity contribution < 1.29 is 13.9 Å². The van der Waals surface area contributed by atoms with Crippen LogP contribution in [-0.4, -0.2) is 39.1 Å².